The first kappa shape index (κ1) is 15.3. The molecule has 2 N–H and O–H groups in total. The van der Waals surface area contributed by atoms with Crippen molar-refractivity contribution in [2.24, 2.45) is 5.92 Å². The maximum absolute atomic E-state index is 9.83. The highest BCUT2D eigenvalue weighted by Gasteiger charge is 2.41. The summed E-state index contributed by atoms with van der Waals surface area (Å²) in [5.74, 6) is 1.45. The van der Waals surface area contributed by atoms with E-state index in [1.54, 1.807) is 0 Å². The van der Waals surface area contributed by atoms with Crippen molar-refractivity contribution < 1.29 is 9.84 Å². The molecule has 3 nitrogen and oxygen atoms in total. The van der Waals surface area contributed by atoms with Crippen LogP contribution in [0.3, 0.4) is 0 Å². The largest absolute Gasteiger partial charge is 0.494 e. The minimum absolute atomic E-state index is 0.0734. The Morgan fingerprint density at radius 1 is 1.35 bits per heavy atom. The van der Waals surface area contributed by atoms with Crippen LogP contribution in [0.2, 0.25) is 0 Å². The van der Waals surface area contributed by atoms with E-state index in [0.29, 0.717) is 5.92 Å². The molecule has 112 valence electrons. The highest BCUT2D eigenvalue weighted by molar-refractivity contribution is 5.20. The Kier molecular flexibility index (Phi) is 5.86. The highest BCUT2D eigenvalue weighted by atomic mass is 16.5. The first-order chi connectivity index (χ1) is 9.80. The molecule has 1 saturated carbocycles. The molecule has 0 heterocycles. The van der Waals surface area contributed by atoms with Crippen LogP contribution in [0.15, 0.2) is 30.3 Å². The fraction of sp³-hybridized carbons (Fsp3) is 0.647. The molecule has 0 saturated heterocycles. The first-order valence-electron chi connectivity index (χ1n) is 7.84. The second kappa shape index (κ2) is 7.65. The van der Waals surface area contributed by atoms with E-state index in [-0.39, 0.29) is 12.1 Å². The van der Waals surface area contributed by atoms with Crippen LogP contribution in [0.25, 0.3) is 0 Å². The van der Waals surface area contributed by atoms with Gasteiger partial charge in [-0.2, -0.15) is 0 Å². The smallest absolute Gasteiger partial charge is 0.119 e. The Bertz CT molecular complexity index is 382. The van der Waals surface area contributed by atoms with E-state index in [1.807, 2.05) is 30.3 Å². The molecule has 0 bridgehead atoms. The average molecular weight is 277 g/mol. The van der Waals surface area contributed by atoms with Gasteiger partial charge in [-0.15, -0.1) is 0 Å². The van der Waals surface area contributed by atoms with Gasteiger partial charge in [0.2, 0.25) is 0 Å². The molecule has 1 fully saturated rings. The van der Waals surface area contributed by atoms with Gasteiger partial charge in [0, 0.05) is 5.54 Å². The van der Waals surface area contributed by atoms with Crippen molar-refractivity contribution in [3.8, 4) is 5.75 Å². The molecule has 2 atom stereocenters. The summed E-state index contributed by atoms with van der Waals surface area (Å²) < 4.78 is 5.80. The summed E-state index contributed by atoms with van der Waals surface area (Å²) in [5.41, 5.74) is -0.0734. The van der Waals surface area contributed by atoms with Gasteiger partial charge in [0.1, 0.15) is 5.75 Å². The zero-order valence-corrected chi connectivity index (χ0v) is 12.5. The summed E-state index contributed by atoms with van der Waals surface area (Å²) >= 11 is 0. The number of ether oxygens (including phenoxy) is 1. The van der Waals surface area contributed by atoms with Crippen molar-refractivity contribution in [2.45, 2.75) is 44.6 Å². The van der Waals surface area contributed by atoms with Crippen LogP contribution in [0.1, 0.15) is 39.0 Å². The number of nitrogens with one attached hydrogen (secondary N) is 1. The third-order valence-electron chi connectivity index (χ3n) is 4.44. The predicted molar refractivity (Wildman–Crippen MR) is 82.0 cm³/mol. The van der Waals surface area contributed by atoms with Crippen LogP contribution in [0.5, 0.6) is 5.75 Å². The maximum atomic E-state index is 9.83. The van der Waals surface area contributed by atoms with Crippen LogP contribution in [0, 0.1) is 5.92 Å². The molecule has 2 unspecified atom stereocenters. The quantitative estimate of drug-likeness (QED) is 0.767. The second-order valence-electron chi connectivity index (χ2n) is 5.78. The number of aliphatic hydroxyl groups is 1. The van der Waals surface area contributed by atoms with Crippen LogP contribution in [-0.4, -0.2) is 30.4 Å². The van der Waals surface area contributed by atoms with Gasteiger partial charge in [-0.1, -0.05) is 31.5 Å². The summed E-state index contributed by atoms with van der Waals surface area (Å²) in [6, 6.07) is 9.96. The third kappa shape index (κ3) is 3.74. The van der Waals surface area contributed by atoms with E-state index in [2.05, 4.69) is 12.2 Å². The molecule has 0 radical (unpaired) electrons. The van der Waals surface area contributed by atoms with E-state index >= 15 is 0 Å². The van der Waals surface area contributed by atoms with Crippen molar-refractivity contribution in [2.75, 3.05) is 19.8 Å². The molecule has 0 amide bonds. The minimum Gasteiger partial charge on any atom is -0.494 e. The molecule has 1 aromatic carbocycles. The van der Waals surface area contributed by atoms with Crippen molar-refractivity contribution in [3.63, 3.8) is 0 Å². The van der Waals surface area contributed by atoms with Crippen molar-refractivity contribution in [3.05, 3.63) is 30.3 Å². The second-order valence-corrected chi connectivity index (χ2v) is 5.78. The average Bonchev–Trinajstić information content (AvgIpc) is 2.90. The Balaban J connectivity index is 1.84. The molecular formula is C17H27NO2. The lowest BCUT2D eigenvalue weighted by Gasteiger charge is -2.35. The topological polar surface area (TPSA) is 41.5 Å². The first-order valence-corrected chi connectivity index (χ1v) is 7.84. The Morgan fingerprint density at radius 2 is 2.15 bits per heavy atom. The van der Waals surface area contributed by atoms with Crippen molar-refractivity contribution in [1.82, 2.24) is 5.32 Å². The lowest BCUT2D eigenvalue weighted by molar-refractivity contribution is 0.110. The molecule has 0 aliphatic heterocycles. The zero-order chi connectivity index (χ0) is 14.3. The van der Waals surface area contributed by atoms with E-state index in [0.717, 1.165) is 38.2 Å². The lowest BCUT2D eigenvalue weighted by Crippen LogP contribution is -2.52. The Morgan fingerprint density at radius 3 is 2.85 bits per heavy atom. The Labute approximate surface area is 122 Å². The van der Waals surface area contributed by atoms with Crippen LogP contribution in [-0.2, 0) is 0 Å². The summed E-state index contributed by atoms with van der Waals surface area (Å²) in [4.78, 5) is 0. The van der Waals surface area contributed by atoms with Crippen molar-refractivity contribution >= 4 is 0 Å². The van der Waals surface area contributed by atoms with Gasteiger partial charge in [-0.3, -0.25) is 0 Å². The number of para-hydroxylation sites is 1. The van der Waals surface area contributed by atoms with Gasteiger partial charge in [-0.05, 0) is 50.3 Å². The number of hydrogen-bond acceptors (Lipinski definition) is 3. The van der Waals surface area contributed by atoms with E-state index in [9.17, 15) is 5.11 Å². The number of aliphatic hydroxyl groups excluding tert-OH is 1. The number of hydrogen-bond donors (Lipinski definition) is 2. The van der Waals surface area contributed by atoms with Gasteiger partial charge < -0.3 is 15.2 Å². The fourth-order valence-corrected chi connectivity index (χ4v) is 3.27. The Hall–Kier alpha value is -1.06. The van der Waals surface area contributed by atoms with E-state index in [4.69, 9.17) is 4.74 Å². The molecule has 3 heteroatoms. The fourth-order valence-electron chi connectivity index (χ4n) is 3.27. The summed E-state index contributed by atoms with van der Waals surface area (Å²) in [6.07, 6.45) is 5.59. The molecule has 2 rings (SSSR count). The molecule has 0 spiro atoms. The van der Waals surface area contributed by atoms with Gasteiger partial charge in [0.05, 0.1) is 13.2 Å². The monoisotopic (exact) mass is 277 g/mol. The molecule has 0 aromatic heterocycles. The van der Waals surface area contributed by atoms with Crippen molar-refractivity contribution in [1.29, 1.82) is 0 Å². The highest BCUT2D eigenvalue weighted by Crippen LogP contribution is 2.37. The molecular weight excluding hydrogens is 250 g/mol. The molecule has 20 heavy (non-hydrogen) atoms. The summed E-state index contributed by atoms with van der Waals surface area (Å²) in [6.45, 7) is 4.12. The van der Waals surface area contributed by atoms with Gasteiger partial charge in [0.15, 0.2) is 0 Å². The SMILES string of the molecule is CCCNC1(CO)CCCC1CCOc1ccccc1. The van der Waals surface area contributed by atoms with Gasteiger partial charge in [0.25, 0.3) is 0 Å². The zero-order valence-electron chi connectivity index (χ0n) is 12.5. The van der Waals surface area contributed by atoms with Crippen LogP contribution >= 0.6 is 0 Å². The number of rotatable bonds is 8. The maximum Gasteiger partial charge on any atom is 0.119 e. The van der Waals surface area contributed by atoms with Crippen LogP contribution in [0.4, 0.5) is 0 Å². The predicted octanol–water partition coefficient (Wildman–Crippen LogP) is 2.99. The molecule has 1 aliphatic carbocycles. The lowest BCUT2D eigenvalue weighted by atomic mass is 9.85. The standard InChI is InChI=1S/C17H27NO2/c1-2-12-18-17(14-19)11-6-7-15(17)10-13-20-16-8-4-3-5-9-16/h3-5,8-9,15,18-19H,2,6-7,10-14H2,1H3. The normalized spacial score (nSPS) is 25.8. The van der Waals surface area contributed by atoms with E-state index in [1.165, 1.54) is 12.8 Å². The van der Waals surface area contributed by atoms with Gasteiger partial charge >= 0.3 is 0 Å². The molecule has 1 aliphatic rings. The molecule has 1 aromatic rings. The van der Waals surface area contributed by atoms with Gasteiger partial charge in [-0.25, -0.2) is 0 Å². The summed E-state index contributed by atoms with van der Waals surface area (Å²) in [5, 5.41) is 13.4. The minimum atomic E-state index is -0.0734. The van der Waals surface area contributed by atoms with E-state index < -0.39 is 0 Å². The summed E-state index contributed by atoms with van der Waals surface area (Å²) in [7, 11) is 0. The third-order valence-corrected chi connectivity index (χ3v) is 4.44. The van der Waals surface area contributed by atoms with Crippen LogP contribution < -0.4 is 10.1 Å². The number of benzene rings is 1.